The zero-order chi connectivity index (χ0) is 15.1. The highest BCUT2D eigenvalue weighted by atomic mass is 32.2. The van der Waals surface area contributed by atoms with Crippen LogP contribution in [0, 0.1) is 0 Å². The highest BCUT2D eigenvalue weighted by Gasteiger charge is 2.34. The summed E-state index contributed by atoms with van der Waals surface area (Å²) in [5.41, 5.74) is 3.79. The van der Waals surface area contributed by atoms with Crippen molar-refractivity contribution in [2.24, 2.45) is 5.73 Å². The number of primary amides is 1. The Morgan fingerprint density at radius 1 is 1.21 bits per heavy atom. The summed E-state index contributed by atoms with van der Waals surface area (Å²) in [6.45, 7) is 3.49. The van der Waals surface area contributed by atoms with Crippen LogP contribution in [-0.2, 0) is 19.4 Å². The van der Waals surface area contributed by atoms with Gasteiger partial charge in [-0.05, 0) is 12.8 Å². The summed E-state index contributed by atoms with van der Waals surface area (Å²) in [6.07, 6.45) is 0.508. The smallest absolute Gasteiger partial charge is 0.323 e. The molecule has 0 aromatic rings. The molecule has 0 rings (SSSR count). The second-order valence-corrected chi connectivity index (χ2v) is 6.69. The minimum Gasteiger partial charge on any atom is -0.480 e. The number of hydrogen-bond acceptors (Lipinski definition) is 5. The van der Waals surface area contributed by atoms with Crippen molar-refractivity contribution in [3.05, 3.63) is 0 Å². The Morgan fingerprint density at radius 2 is 1.74 bits per heavy atom. The van der Waals surface area contributed by atoms with Gasteiger partial charge in [0.05, 0.1) is 11.5 Å². The topological polar surface area (TPSA) is 127 Å². The Balaban J connectivity index is 4.41. The Labute approximate surface area is 113 Å². The maximum Gasteiger partial charge on any atom is 0.323 e. The minimum absolute atomic E-state index is 0.0368. The number of nitrogens with two attached hydrogens (primary N) is 1. The fraction of sp³-hybridized carbons (Fsp3) is 0.818. The first-order valence-corrected chi connectivity index (χ1v) is 7.98. The van der Waals surface area contributed by atoms with E-state index in [-0.39, 0.29) is 24.5 Å². The molecule has 0 fully saturated rings. The van der Waals surface area contributed by atoms with Crippen LogP contribution < -0.4 is 11.1 Å². The molecule has 0 heterocycles. The maximum absolute atomic E-state index is 11.6. The molecule has 0 atom stereocenters. The van der Waals surface area contributed by atoms with Gasteiger partial charge in [-0.3, -0.25) is 9.59 Å². The van der Waals surface area contributed by atoms with Gasteiger partial charge in [-0.2, -0.15) is 0 Å². The Bertz CT molecular complexity index is 415. The largest absolute Gasteiger partial charge is 0.480 e. The molecule has 112 valence electrons. The quantitative estimate of drug-likeness (QED) is 0.499. The van der Waals surface area contributed by atoms with E-state index in [2.05, 4.69) is 5.32 Å². The Kier molecular flexibility index (Phi) is 6.99. The predicted octanol–water partition coefficient (Wildman–Crippen LogP) is -0.490. The number of carboxylic acids is 1. The molecule has 0 saturated heterocycles. The fourth-order valence-electron chi connectivity index (χ4n) is 1.68. The molecule has 0 radical (unpaired) electrons. The van der Waals surface area contributed by atoms with Crippen LogP contribution >= 0.6 is 0 Å². The first-order valence-electron chi connectivity index (χ1n) is 6.16. The molecule has 0 aliphatic heterocycles. The normalized spacial score (nSPS) is 12.3. The monoisotopic (exact) mass is 294 g/mol. The predicted molar refractivity (Wildman–Crippen MR) is 71.4 cm³/mol. The zero-order valence-electron chi connectivity index (χ0n) is 11.3. The number of aliphatic carboxylic acids is 1. The summed E-state index contributed by atoms with van der Waals surface area (Å²) in [4.78, 5) is 21.7. The van der Waals surface area contributed by atoms with Gasteiger partial charge in [0.15, 0.2) is 9.84 Å². The van der Waals surface area contributed by atoms with E-state index in [9.17, 15) is 18.0 Å². The van der Waals surface area contributed by atoms with Crippen molar-refractivity contribution >= 4 is 21.7 Å². The second kappa shape index (κ2) is 7.44. The summed E-state index contributed by atoms with van der Waals surface area (Å²) >= 11 is 0. The van der Waals surface area contributed by atoms with Crippen LogP contribution in [0.2, 0.25) is 0 Å². The summed E-state index contributed by atoms with van der Waals surface area (Å²) in [6, 6.07) is 0. The van der Waals surface area contributed by atoms with Crippen molar-refractivity contribution in [3.8, 4) is 0 Å². The van der Waals surface area contributed by atoms with Crippen molar-refractivity contribution in [1.29, 1.82) is 0 Å². The number of amides is 1. The van der Waals surface area contributed by atoms with E-state index in [1.807, 2.05) is 0 Å². The SMILES string of the molecule is CCC(CC)(NCCS(=O)(=O)CCC(N)=O)C(=O)O. The molecule has 0 unspecified atom stereocenters. The van der Waals surface area contributed by atoms with Gasteiger partial charge in [-0.25, -0.2) is 8.42 Å². The maximum atomic E-state index is 11.6. The van der Waals surface area contributed by atoms with E-state index >= 15 is 0 Å². The summed E-state index contributed by atoms with van der Waals surface area (Å²) in [5.74, 6) is -2.18. The number of carbonyl (C=O) groups excluding carboxylic acids is 1. The average Bonchev–Trinajstić information content (AvgIpc) is 2.32. The molecule has 0 aromatic carbocycles. The van der Waals surface area contributed by atoms with Crippen LogP contribution in [0.4, 0.5) is 0 Å². The van der Waals surface area contributed by atoms with E-state index in [0.717, 1.165) is 0 Å². The van der Waals surface area contributed by atoms with E-state index in [0.29, 0.717) is 12.8 Å². The highest BCUT2D eigenvalue weighted by Crippen LogP contribution is 2.15. The van der Waals surface area contributed by atoms with Crippen molar-refractivity contribution < 1.29 is 23.1 Å². The number of rotatable bonds is 10. The Hall–Kier alpha value is -1.15. The van der Waals surface area contributed by atoms with Gasteiger partial charge in [0.1, 0.15) is 5.54 Å². The van der Waals surface area contributed by atoms with Crippen LogP contribution in [0.3, 0.4) is 0 Å². The molecule has 0 aliphatic rings. The molecule has 0 bridgehead atoms. The lowest BCUT2D eigenvalue weighted by Crippen LogP contribution is -2.52. The van der Waals surface area contributed by atoms with Crippen LogP contribution in [0.15, 0.2) is 0 Å². The van der Waals surface area contributed by atoms with Gasteiger partial charge in [-0.1, -0.05) is 13.8 Å². The van der Waals surface area contributed by atoms with Crippen molar-refractivity contribution in [2.75, 3.05) is 18.1 Å². The molecule has 19 heavy (non-hydrogen) atoms. The van der Waals surface area contributed by atoms with Gasteiger partial charge in [0, 0.05) is 13.0 Å². The van der Waals surface area contributed by atoms with Crippen molar-refractivity contribution in [1.82, 2.24) is 5.32 Å². The molecule has 8 heteroatoms. The summed E-state index contributed by atoms with van der Waals surface area (Å²) in [7, 11) is -3.40. The summed E-state index contributed by atoms with van der Waals surface area (Å²) in [5, 5.41) is 11.9. The Morgan fingerprint density at radius 3 is 2.11 bits per heavy atom. The first kappa shape index (κ1) is 17.8. The first-order chi connectivity index (χ1) is 8.69. The van der Waals surface area contributed by atoms with E-state index in [1.165, 1.54) is 0 Å². The van der Waals surface area contributed by atoms with Gasteiger partial charge in [0.25, 0.3) is 0 Å². The van der Waals surface area contributed by atoms with Gasteiger partial charge in [-0.15, -0.1) is 0 Å². The molecule has 0 spiro atoms. The number of carbonyl (C=O) groups is 2. The van der Waals surface area contributed by atoms with Crippen LogP contribution in [0.5, 0.6) is 0 Å². The molecule has 0 saturated carbocycles. The number of nitrogens with one attached hydrogen (secondary N) is 1. The number of carboxylic acid groups (broad SMARTS) is 1. The van der Waals surface area contributed by atoms with Crippen molar-refractivity contribution in [3.63, 3.8) is 0 Å². The van der Waals surface area contributed by atoms with Crippen molar-refractivity contribution in [2.45, 2.75) is 38.6 Å². The lowest BCUT2D eigenvalue weighted by molar-refractivity contribution is -0.145. The van der Waals surface area contributed by atoms with Gasteiger partial charge in [0.2, 0.25) is 5.91 Å². The van der Waals surface area contributed by atoms with E-state index < -0.39 is 27.3 Å². The molecular weight excluding hydrogens is 272 g/mol. The van der Waals surface area contributed by atoms with Crippen LogP contribution in [-0.4, -0.2) is 49.0 Å². The zero-order valence-corrected chi connectivity index (χ0v) is 12.1. The summed E-state index contributed by atoms with van der Waals surface area (Å²) < 4.78 is 23.1. The average molecular weight is 294 g/mol. The molecule has 1 amide bonds. The number of hydrogen-bond donors (Lipinski definition) is 3. The number of sulfone groups is 1. The van der Waals surface area contributed by atoms with Gasteiger partial charge >= 0.3 is 5.97 Å². The molecule has 4 N–H and O–H groups in total. The molecule has 0 aromatic heterocycles. The van der Waals surface area contributed by atoms with Crippen LogP contribution in [0.25, 0.3) is 0 Å². The molecular formula is C11H22N2O5S. The highest BCUT2D eigenvalue weighted by molar-refractivity contribution is 7.91. The van der Waals surface area contributed by atoms with E-state index in [1.54, 1.807) is 13.8 Å². The third kappa shape index (κ3) is 6.02. The lowest BCUT2D eigenvalue weighted by Gasteiger charge is -2.28. The fourth-order valence-corrected chi connectivity index (χ4v) is 2.81. The standard InChI is InChI=1S/C11H22N2O5S/c1-3-11(4-2,10(15)16)13-6-8-19(17,18)7-5-9(12)14/h13H,3-8H2,1-2H3,(H2,12,14)(H,15,16). The lowest BCUT2D eigenvalue weighted by atomic mass is 9.93. The van der Waals surface area contributed by atoms with E-state index in [4.69, 9.17) is 10.8 Å². The van der Waals surface area contributed by atoms with Gasteiger partial charge < -0.3 is 16.2 Å². The third-order valence-corrected chi connectivity index (χ3v) is 4.80. The third-order valence-electron chi connectivity index (χ3n) is 3.15. The van der Waals surface area contributed by atoms with Crippen LogP contribution in [0.1, 0.15) is 33.1 Å². The minimum atomic E-state index is -3.40. The second-order valence-electron chi connectivity index (χ2n) is 4.39. The molecule has 7 nitrogen and oxygen atoms in total. The molecule has 0 aliphatic carbocycles.